The molecular weight excluding hydrogens is 288 g/mol. The Morgan fingerprint density at radius 3 is 2.57 bits per heavy atom. The van der Waals surface area contributed by atoms with Crippen LogP contribution in [0.4, 0.5) is 5.69 Å². The smallest absolute Gasteiger partial charge is 0.287 e. The van der Waals surface area contributed by atoms with Crippen LogP contribution in [0.3, 0.4) is 0 Å². The normalized spacial score (nSPS) is 10.4. The van der Waals surface area contributed by atoms with Gasteiger partial charge in [-0.05, 0) is 37.1 Å². The molecule has 108 valence electrons. The lowest BCUT2D eigenvalue weighted by molar-refractivity contribution is -0.385. The van der Waals surface area contributed by atoms with Gasteiger partial charge in [0.15, 0.2) is 5.78 Å². The number of nitrogens with zero attached hydrogens (tertiary/aromatic N) is 2. The standard InChI is InChI=1S/C15H14N2O3S/c1-10-3-4-12(7-11(10)2)14(18)9-21-15-6-5-13(8-16-15)17(19)20/h3-8H,9H2,1-2H3. The van der Waals surface area contributed by atoms with Gasteiger partial charge in [0.1, 0.15) is 6.20 Å². The van der Waals surface area contributed by atoms with Gasteiger partial charge in [0.2, 0.25) is 0 Å². The molecule has 0 unspecified atom stereocenters. The summed E-state index contributed by atoms with van der Waals surface area (Å²) in [7, 11) is 0. The van der Waals surface area contributed by atoms with Crippen molar-refractivity contribution in [3.05, 3.63) is 63.3 Å². The van der Waals surface area contributed by atoms with Crippen molar-refractivity contribution in [3.8, 4) is 0 Å². The van der Waals surface area contributed by atoms with Crippen molar-refractivity contribution < 1.29 is 9.72 Å². The van der Waals surface area contributed by atoms with Crippen molar-refractivity contribution in [2.45, 2.75) is 18.9 Å². The van der Waals surface area contributed by atoms with Crippen LogP contribution in [0.15, 0.2) is 41.6 Å². The Balaban J connectivity index is 2.00. The number of carbonyl (C=O) groups is 1. The molecule has 0 bridgehead atoms. The number of pyridine rings is 1. The average molecular weight is 302 g/mol. The molecule has 0 atom stereocenters. The Morgan fingerprint density at radius 1 is 1.24 bits per heavy atom. The molecule has 2 rings (SSSR count). The van der Waals surface area contributed by atoms with Gasteiger partial charge in [-0.1, -0.05) is 23.9 Å². The summed E-state index contributed by atoms with van der Waals surface area (Å²) in [6.45, 7) is 3.97. The lowest BCUT2D eigenvalue weighted by Crippen LogP contribution is -2.03. The van der Waals surface area contributed by atoms with Crippen molar-refractivity contribution in [2.24, 2.45) is 0 Å². The lowest BCUT2D eigenvalue weighted by Gasteiger charge is -2.04. The summed E-state index contributed by atoms with van der Waals surface area (Å²) in [6, 6.07) is 8.56. The highest BCUT2D eigenvalue weighted by molar-refractivity contribution is 7.99. The number of rotatable bonds is 5. The van der Waals surface area contributed by atoms with Gasteiger partial charge in [0.25, 0.3) is 5.69 Å². The summed E-state index contributed by atoms with van der Waals surface area (Å²) in [6.07, 6.45) is 1.20. The quantitative estimate of drug-likeness (QED) is 0.365. The highest BCUT2D eigenvalue weighted by Gasteiger charge is 2.10. The number of carbonyl (C=O) groups excluding carboxylic acids is 1. The number of aromatic nitrogens is 1. The molecule has 1 aromatic heterocycles. The summed E-state index contributed by atoms with van der Waals surface area (Å²) in [4.78, 5) is 26.1. The van der Waals surface area contributed by atoms with E-state index in [0.29, 0.717) is 10.6 Å². The minimum Gasteiger partial charge on any atom is -0.293 e. The molecule has 1 aromatic carbocycles. The van der Waals surface area contributed by atoms with Crippen LogP contribution in [0.25, 0.3) is 0 Å². The van der Waals surface area contributed by atoms with Crippen molar-refractivity contribution in [1.29, 1.82) is 0 Å². The second-order valence-corrected chi connectivity index (χ2v) is 5.62. The maximum Gasteiger partial charge on any atom is 0.287 e. The molecule has 0 aliphatic carbocycles. The second-order valence-electron chi connectivity index (χ2n) is 4.62. The van der Waals surface area contributed by atoms with E-state index in [2.05, 4.69) is 4.98 Å². The zero-order valence-corrected chi connectivity index (χ0v) is 12.5. The molecule has 0 radical (unpaired) electrons. The van der Waals surface area contributed by atoms with E-state index in [4.69, 9.17) is 0 Å². The zero-order chi connectivity index (χ0) is 15.4. The van der Waals surface area contributed by atoms with E-state index in [1.807, 2.05) is 32.0 Å². The van der Waals surface area contributed by atoms with Crippen LogP contribution >= 0.6 is 11.8 Å². The van der Waals surface area contributed by atoms with E-state index >= 15 is 0 Å². The molecule has 0 saturated heterocycles. The summed E-state index contributed by atoms with van der Waals surface area (Å²) in [5, 5.41) is 11.1. The molecule has 1 heterocycles. The summed E-state index contributed by atoms with van der Waals surface area (Å²) in [5.74, 6) is 0.274. The molecule has 0 spiro atoms. The lowest BCUT2D eigenvalue weighted by atomic mass is 10.0. The number of thioether (sulfide) groups is 1. The molecule has 21 heavy (non-hydrogen) atoms. The fraction of sp³-hybridized carbons (Fsp3) is 0.200. The van der Waals surface area contributed by atoms with Crippen LogP contribution < -0.4 is 0 Å². The first kappa shape index (κ1) is 15.2. The Bertz CT molecular complexity index is 684. The summed E-state index contributed by atoms with van der Waals surface area (Å²) >= 11 is 1.27. The number of benzene rings is 1. The number of hydrogen-bond donors (Lipinski definition) is 0. The van der Waals surface area contributed by atoms with Gasteiger partial charge in [-0.3, -0.25) is 14.9 Å². The summed E-state index contributed by atoms with van der Waals surface area (Å²) < 4.78 is 0. The monoisotopic (exact) mass is 302 g/mol. The van der Waals surface area contributed by atoms with Crippen LogP contribution in [0.1, 0.15) is 21.5 Å². The van der Waals surface area contributed by atoms with E-state index in [-0.39, 0.29) is 17.2 Å². The third kappa shape index (κ3) is 3.88. The molecule has 5 nitrogen and oxygen atoms in total. The molecule has 0 fully saturated rings. The average Bonchev–Trinajstić information content (AvgIpc) is 2.48. The first-order valence-corrected chi connectivity index (χ1v) is 7.29. The highest BCUT2D eigenvalue weighted by Crippen LogP contribution is 2.20. The van der Waals surface area contributed by atoms with Gasteiger partial charge in [-0.15, -0.1) is 0 Å². The minimum atomic E-state index is -0.498. The first-order chi connectivity index (χ1) is 9.97. The topological polar surface area (TPSA) is 73.1 Å². The van der Waals surface area contributed by atoms with E-state index in [0.717, 1.165) is 11.1 Å². The number of aryl methyl sites for hydroxylation is 2. The number of nitro groups is 1. The van der Waals surface area contributed by atoms with Crippen molar-refractivity contribution in [3.63, 3.8) is 0 Å². The SMILES string of the molecule is Cc1ccc(C(=O)CSc2ccc([N+](=O)[O-])cn2)cc1C. The molecule has 0 saturated carbocycles. The number of Topliss-reactive ketones (excluding diaryl/α,β-unsaturated/α-hetero) is 1. The highest BCUT2D eigenvalue weighted by atomic mass is 32.2. The minimum absolute atomic E-state index is 0.0169. The van der Waals surface area contributed by atoms with E-state index in [9.17, 15) is 14.9 Å². The van der Waals surface area contributed by atoms with Gasteiger partial charge < -0.3 is 0 Å². The molecule has 0 N–H and O–H groups in total. The number of hydrogen-bond acceptors (Lipinski definition) is 5. The molecule has 0 aliphatic rings. The molecule has 0 aliphatic heterocycles. The van der Waals surface area contributed by atoms with Gasteiger partial charge in [-0.25, -0.2) is 4.98 Å². The van der Waals surface area contributed by atoms with E-state index in [1.165, 1.54) is 24.0 Å². The molecule has 2 aromatic rings. The van der Waals surface area contributed by atoms with Gasteiger partial charge in [0, 0.05) is 11.6 Å². The predicted octanol–water partition coefficient (Wildman–Crippen LogP) is 3.58. The van der Waals surface area contributed by atoms with E-state index < -0.39 is 4.92 Å². The first-order valence-electron chi connectivity index (χ1n) is 6.31. The molecular formula is C15H14N2O3S. The Morgan fingerprint density at radius 2 is 2.00 bits per heavy atom. The van der Waals surface area contributed by atoms with Crippen LogP contribution in [0.5, 0.6) is 0 Å². The van der Waals surface area contributed by atoms with Crippen LogP contribution in [0, 0.1) is 24.0 Å². The number of ketones is 1. The van der Waals surface area contributed by atoms with E-state index in [1.54, 1.807) is 6.07 Å². The maximum atomic E-state index is 12.1. The Labute approximate surface area is 126 Å². The zero-order valence-electron chi connectivity index (χ0n) is 11.7. The van der Waals surface area contributed by atoms with Crippen molar-refractivity contribution >= 4 is 23.2 Å². The maximum absolute atomic E-state index is 12.1. The van der Waals surface area contributed by atoms with Crippen LogP contribution in [0.2, 0.25) is 0 Å². The van der Waals surface area contributed by atoms with Crippen molar-refractivity contribution in [1.82, 2.24) is 4.98 Å². The Hall–Kier alpha value is -2.21. The second kappa shape index (κ2) is 6.49. The third-order valence-electron chi connectivity index (χ3n) is 3.11. The van der Waals surface area contributed by atoms with Gasteiger partial charge in [-0.2, -0.15) is 0 Å². The van der Waals surface area contributed by atoms with Gasteiger partial charge >= 0.3 is 0 Å². The fourth-order valence-corrected chi connectivity index (χ4v) is 2.44. The third-order valence-corrected chi connectivity index (χ3v) is 4.06. The fourth-order valence-electron chi connectivity index (χ4n) is 1.70. The Kier molecular flexibility index (Phi) is 4.70. The van der Waals surface area contributed by atoms with Crippen LogP contribution in [-0.4, -0.2) is 21.4 Å². The molecule has 6 heteroatoms. The largest absolute Gasteiger partial charge is 0.293 e. The van der Waals surface area contributed by atoms with Crippen molar-refractivity contribution in [2.75, 3.05) is 5.75 Å². The molecule has 0 amide bonds. The summed E-state index contributed by atoms with van der Waals surface area (Å²) in [5.41, 5.74) is 2.85. The predicted molar refractivity (Wildman–Crippen MR) is 81.9 cm³/mol. The van der Waals surface area contributed by atoms with Gasteiger partial charge in [0.05, 0.1) is 15.7 Å². The van der Waals surface area contributed by atoms with Crippen LogP contribution in [-0.2, 0) is 0 Å².